The van der Waals surface area contributed by atoms with E-state index in [2.05, 4.69) is 5.32 Å². The molecule has 0 bridgehead atoms. The number of carbonyl (C=O) groups is 2. The Morgan fingerprint density at radius 2 is 2.09 bits per heavy atom. The van der Waals surface area contributed by atoms with Crippen molar-refractivity contribution in [1.82, 2.24) is 5.32 Å². The third-order valence-corrected chi connectivity index (χ3v) is 2.13. The number of amides is 2. The Kier molecular flexibility index (Phi) is 4.02. The van der Waals surface area contributed by atoms with Gasteiger partial charge < -0.3 is 0 Å². The van der Waals surface area contributed by atoms with Crippen molar-refractivity contribution in [1.29, 1.82) is 0 Å². The molecule has 4 heteroatoms. The molecule has 1 heterocycles. The number of rotatable bonds is 1. The van der Waals surface area contributed by atoms with Crippen LogP contribution < -0.4 is 5.32 Å². The van der Waals surface area contributed by atoms with Crippen molar-refractivity contribution < 1.29 is 9.59 Å². The molecule has 0 aliphatic carbocycles. The van der Waals surface area contributed by atoms with Crippen LogP contribution in [-0.4, -0.2) is 49.6 Å². The third kappa shape index (κ3) is 2.17. The Labute approximate surface area is 95.9 Å². The topological polar surface area (TPSA) is 46.2 Å². The fourth-order valence-electron chi connectivity index (χ4n) is 1.04. The van der Waals surface area contributed by atoms with Gasteiger partial charge in [0, 0.05) is 6.42 Å². The van der Waals surface area contributed by atoms with Gasteiger partial charge in [-0.05, 0) is 6.42 Å². The van der Waals surface area contributed by atoms with Crippen molar-refractivity contribution in [3.63, 3.8) is 0 Å². The minimum Gasteiger partial charge on any atom is -0.296 e. The van der Waals surface area contributed by atoms with Gasteiger partial charge >= 0.3 is 37.7 Å². The summed E-state index contributed by atoms with van der Waals surface area (Å²) in [6.45, 7) is 3.73. The Morgan fingerprint density at radius 1 is 1.55 bits per heavy atom. The van der Waals surface area contributed by atoms with E-state index >= 15 is 0 Å². The van der Waals surface area contributed by atoms with Crippen molar-refractivity contribution in [2.24, 2.45) is 5.41 Å². The average molecular weight is 181 g/mol. The summed E-state index contributed by atoms with van der Waals surface area (Å²) in [5.41, 5.74) is -0.433. The van der Waals surface area contributed by atoms with Crippen molar-refractivity contribution in [3.05, 3.63) is 0 Å². The van der Waals surface area contributed by atoms with Crippen molar-refractivity contribution in [2.75, 3.05) is 0 Å². The standard InChI is InChI=1S/C7H11NO2.Ca/c1-3-7(2)4-5(9)8-6(7)10;/h3-4H2,1-2H3,(H,8,9,10);/q;+2. The number of hydrogen-bond acceptors (Lipinski definition) is 2. The molecule has 0 aromatic carbocycles. The number of nitrogens with one attached hydrogen (secondary N) is 1. The second-order valence-electron chi connectivity index (χ2n) is 2.97. The van der Waals surface area contributed by atoms with Gasteiger partial charge in [0.15, 0.2) is 0 Å². The molecule has 1 fully saturated rings. The smallest absolute Gasteiger partial charge is 0.296 e. The van der Waals surface area contributed by atoms with Crippen LogP contribution in [0.1, 0.15) is 26.7 Å². The van der Waals surface area contributed by atoms with E-state index in [9.17, 15) is 9.59 Å². The van der Waals surface area contributed by atoms with Crippen LogP contribution in [0.2, 0.25) is 0 Å². The van der Waals surface area contributed by atoms with Gasteiger partial charge in [-0.3, -0.25) is 14.9 Å². The first kappa shape index (κ1) is 11.4. The van der Waals surface area contributed by atoms with Gasteiger partial charge in [-0.15, -0.1) is 0 Å². The normalized spacial score (nSPS) is 29.6. The summed E-state index contributed by atoms with van der Waals surface area (Å²) in [4.78, 5) is 21.7. The fraction of sp³-hybridized carbons (Fsp3) is 0.714. The van der Waals surface area contributed by atoms with E-state index in [1.165, 1.54) is 0 Å². The quantitative estimate of drug-likeness (QED) is 0.459. The molecular formula is C7H11CaNO2+2. The van der Waals surface area contributed by atoms with Gasteiger partial charge in [0.1, 0.15) is 0 Å². The van der Waals surface area contributed by atoms with Crippen LogP contribution in [0.4, 0.5) is 0 Å². The van der Waals surface area contributed by atoms with Crippen LogP contribution in [0.3, 0.4) is 0 Å². The molecule has 0 radical (unpaired) electrons. The van der Waals surface area contributed by atoms with Gasteiger partial charge in [-0.1, -0.05) is 13.8 Å². The average Bonchev–Trinajstić information content (AvgIpc) is 2.09. The summed E-state index contributed by atoms with van der Waals surface area (Å²) < 4.78 is 0. The minimum absolute atomic E-state index is 0. The molecule has 1 rings (SSSR count). The molecular weight excluding hydrogens is 170 g/mol. The van der Waals surface area contributed by atoms with Crippen LogP contribution in [-0.2, 0) is 9.59 Å². The van der Waals surface area contributed by atoms with E-state index in [4.69, 9.17) is 0 Å². The largest absolute Gasteiger partial charge is 2.00 e. The first-order valence-electron chi connectivity index (χ1n) is 3.43. The molecule has 1 unspecified atom stereocenters. The van der Waals surface area contributed by atoms with Crippen molar-refractivity contribution in [2.45, 2.75) is 26.7 Å². The number of carbonyl (C=O) groups excluding carboxylic acids is 2. The zero-order valence-corrected chi connectivity index (χ0v) is 9.15. The maximum Gasteiger partial charge on any atom is 2.00 e. The van der Waals surface area contributed by atoms with Gasteiger partial charge in [-0.25, -0.2) is 0 Å². The summed E-state index contributed by atoms with van der Waals surface area (Å²) in [7, 11) is 0. The third-order valence-electron chi connectivity index (χ3n) is 2.13. The summed E-state index contributed by atoms with van der Waals surface area (Å²) in [5.74, 6) is -0.269. The van der Waals surface area contributed by atoms with Crippen LogP contribution >= 0.6 is 0 Å². The Balaban J connectivity index is 0.000001000. The number of hydrogen-bond donors (Lipinski definition) is 1. The van der Waals surface area contributed by atoms with Gasteiger partial charge in [0.05, 0.1) is 5.41 Å². The zero-order chi connectivity index (χ0) is 7.78. The van der Waals surface area contributed by atoms with E-state index in [-0.39, 0.29) is 49.6 Å². The number of imide groups is 1. The van der Waals surface area contributed by atoms with E-state index < -0.39 is 5.41 Å². The molecule has 11 heavy (non-hydrogen) atoms. The SMILES string of the molecule is CCC1(C)CC(=O)NC1=O.[Ca+2]. The van der Waals surface area contributed by atoms with E-state index in [0.29, 0.717) is 6.42 Å². The first-order chi connectivity index (χ1) is 4.58. The van der Waals surface area contributed by atoms with E-state index in [1.54, 1.807) is 0 Å². The Bertz CT molecular complexity index is 193. The summed E-state index contributed by atoms with van der Waals surface area (Å²) in [5, 5.41) is 2.28. The second-order valence-corrected chi connectivity index (χ2v) is 2.97. The van der Waals surface area contributed by atoms with E-state index in [0.717, 1.165) is 6.42 Å². The summed E-state index contributed by atoms with van der Waals surface area (Å²) >= 11 is 0. The van der Waals surface area contributed by atoms with Crippen molar-refractivity contribution in [3.8, 4) is 0 Å². The van der Waals surface area contributed by atoms with Gasteiger partial charge in [-0.2, -0.15) is 0 Å². The van der Waals surface area contributed by atoms with Crippen LogP contribution in [0.15, 0.2) is 0 Å². The second kappa shape index (κ2) is 3.87. The molecule has 1 aliphatic rings. The predicted octanol–water partition coefficient (Wildman–Crippen LogP) is 0.0684. The molecule has 0 saturated carbocycles. The fourth-order valence-corrected chi connectivity index (χ4v) is 1.04. The summed E-state index contributed by atoms with van der Waals surface area (Å²) in [6, 6.07) is 0. The molecule has 0 aromatic heterocycles. The van der Waals surface area contributed by atoms with Crippen LogP contribution in [0.25, 0.3) is 0 Å². The van der Waals surface area contributed by atoms with Gasteiger partial charge in [0.25, 0.3) is 0 Å². The molecule has 1 aliphatic heterocycles. The molecule has 3 nitrogen and oxygen atoms in total. The molecule has 1 saturated heterocycles. The molecule has 0 aromatic rings. The first-order valence-corrected chi connectivity index (χ1v) is 3.43. The van der Waals surface area contributed by atoms with Crippen LogP contribution in [0, 0.1) is 5.41 Å². The van der Waals surface area contributed by atoms with Gasteiger partial charge in [0.2, 0.25) is 11.8 Å². The predicted molar refractivity (Wildman–Crippen MR) is 41.9 cm³/mol. The molecule has 1 atom stereocenters. The van der Waals surface area contributed by atoms with E-state index in [1.807, 2.05) is 13.8 Å². The molecule has 2 amide bonds. The summed E-state index contributed by atoms with van der Waals surface area (Å²) in [6.07, 6.45) is 1.08. The Morgan fingerprint density at radius 3 is 2.27 bits per heavy atom. The maximum absolute atomic E-state index is 11.0. The maximum atomic E-state index is 11.0. The van der Waals surface area contributed by atoms with Crippen molar-refractivity contribution >= 4 is 49.6 Å². The Hall–Kier alpha value is 0.400. The van der Waals surface area contributed by atoms with Crippen LogP contribution in [0.5, 0.6) is 0 Å². The molecule has 56 valence electrons. The molecule has 1 N–H and O–H groups in total. The molecule has 0 spiro atoms. The monoisotopic (exact) mass is 181 g/mol. The zero-order valence-electron chi connectivity index (χ0n) is 6.94. The minimum atomic E-state index is -0.433.